The van der Waals surface area contributed by atoms with E-state index in [0.717, 1.165) is 31.8 Å². The fraction of sp³-hybridized carbons (Fsp3) is 0.667. The molecular weight excluding hydrogens is 100 g/mol. The summed E-state index contributed by atoms with van der Waals surface area (Å²) in [5.41, 5.74) is 1.15. The summed E-state index contributed by atoms with van der Waals surface area (Å²) in [6.45, 7) is 6.33. The molecule has 0 aromatic carbocycles. The second kappa shape index (κ2) is 2.72. The molecule has 0 atom stereocenters. The van der Waals surface area contributed by atoms with Gasteiger partial charge in [0.25, 0.3) is 0 Å². The molecule has 0 spiro atoms. The summed E-state index contributed by atoms with van der Waals surface area (Å²) in [5, 5.41) is 4.16. The van der Waals surface area contributed by atoms with Gasteiger partial charge in [-0.25, -0.2) is 0 Å². The monoisotopic (exact) mass is 110 g/mol. The van der Waals surface area contributed by atoms with Crippen LogP contribution in [-0.2, 0) is 0 Å². The van der Waals surface area contributed by atoms with E-state index in [9.17, 15) is 0 Å². The Labute approximate surface area is 50.0 Å². The molecule has 0 bridgehead atoms. The number of nitrogens with zero attached hydrogens (tertiary/aromatic N) is 2. The average Bonchev–Trinajstić information content (AvgIpc) is 1.90. The zero-order chi connectivity index (χ0) is 5.82. The Morgan fingerprint density at radius 2 is 2.62 bits per heavy atom. The first-order valence-corrected chi connectivity index (χ1v) is 2.88. The first-order valence-electron chi connectivity index (χ1n) is 2.88. The molecule has 0 N–H and O–H groups in total. The van der Waals surface area contributed by atoms with Crippen LogP contribution in [-0.4, -0.2) is 25.3 Å². The Balaban J connectivity index is 2.37. The van der Waals surface area contributed by atoms with E-state index < -0.39 is 0 Å². The van der Waals surface area contributed by atoms with Crippen molar-refractivity contribution in [3.8, 4) is 0 Å². The van der Waals surface area contributed by atoms with E-state index >= 15 is 0 Å². The molecule has 0 aliphatic carbocycles. The highest BCUT2D eigenvalue weighted by Crippen LogP contribution is 1.99. The van der Waals surface area contributed by atoms with E-state index in [1.807, 2.05) is 0 Å². The minimum absolute atomic E-state index is 0.823. The van der Waals surface area contributed by atoms with Gasteiger partial charge in [0.15, 0.2) is 0 Å². The van der Waals surface area contributed by atoms with Crippen LogP contribution >= 0.6 is 0 Å². The van der Waals surface area contributed by atoms with E-state index in [4.69, 9.17) is 0 Å². The van der Waals surface area contributed by atoms with Crippen LogP contribution in [0.25, 0.3) is 5.32 Å². The third-order valence-electron chi connectivity index (χ3n) is 1.18. The van der Waals surface area contributed by atoms with Crippen molar-refractivity contribution in [3.63, 3.8) is 0 Å². The SMILES string of the molecule is [CH2+]CC1=NCC[N-]C1. The maximum atomic E-state index is 4.21. The molecule has 1 aliphatic rings. The molecule has 1 rings (SSSR count). The van der Waals surface area contributed by atoms with Gasteiger partial charge in [-0.1, -0.05) is 0 Å². The van der Waals surface area contributed by atoms with Gasteiger partial charge >= 0.3 is 0 Å². The maximum Gasteiger partial charge on any atom is 0.121 e. The van der Waals surface area contributed by atoms with Crippen molar-refractivity contribution in [1.29, 1.82) is 0 Å². The van der Waals surface area contributed by atoms with Gasteiger partial charge in [0.05, 0.1) is 6.92 Å². The normalized spacial score (nSPS) is 20.2. The van der Waals surface area contributed by atoms with Gasteiger partial charge in [-0.2, -0.15) is 0 Å². The molecule has 1 heterocycles. The van der Waals surface area contributed by atoms with Crippen LogP contribution in [0.4, 0.5) is 0 Å². The summed E-state index contributed by atoms with van der Waals surface area (Å²) in [4.78, 5) is 4.21. The van der Waals surface area contributed by atoms with Crippen LogP contribution in [0, 0.1) is 6.92 Å². The lowest BCUT2D eigenvalue weighted by Gasteiger charge is -2.22. The maximum absolute atomic E-state index is 4.21. The van der Waals surface area contributed by atoms with Crippen molar-refractivity contribution >= 4 is 5.71 Å². The third kappa shape index (κ3) is 1.23. The summed E-state index contributed by atoms with van der Waals surface area (Å²) in [6.07, 6.45) is 0.823. The Morgan fingerprint density at radius 3 is 3.00 bits per heavy atom. The van der Waals surface area contributed by atoms with Gasteiger partial charge < -0.3 is 5.32 Å². The molecule has 0 aromatic rings. The standard InChI is InChI=1S/C6H10N2/c1-2-6-5-7-3-4-8-6/h1-5H2. The number of rotatable bonds is 1. The topological polar surface area (TPSA) is 26.5 Å². The molecule has 8 heavy (non-hydrogen) atoms. The quantitative estimate of drug-likeness (QED) is 0.451. The van der Waals surface area contributed by atoms with Crippen LogP contribution in [0.5, 0.6) is 0 Å². The summed E-state index contributed by atoms with van der Waals surface area (Å²) < 4.78 is 0. The molecule has 0 radical (unpaired) electrons. The number of aliphatic imine (C=N–C) groups is 1. The smallest absolute Gasteiger partial charge is 0.121 e. The van der Waals surface area contributed by atoms with Crippen molar-refractivity contribution < 1.29 is 0 Å². The van der Waals surface area contributed by atoms with E-state index in [1.54, 1.807) is 0 Å². The van der Waals surface area contributed by atoms with Gasteiger partial charge in [-0.3, -0.25) is 4.99 Å². The number of hydrogen-bond acceptors (Lipinski definition) is 1. The molecule has 1 aliphatic heterocycles. The van der Waals surface area contributed by atoms with Gasteiger partial charge in [-0.05, 0) is 0 Å². The Hall–Kier alpha value is -0.500. The van der Waals surface area contributed by atoms with Gasteiger partial charge in [0.2, 0.25) is 0 Å². The molecule has 0 amide bonds. The van der Waals surface area contributed by atoms with Crippen molar-refractivity contribution in [2.24, 2.45) is 4.99 Å². The van der Waals surface area contributed by atoms with Crippen molar-refractivity contribution in [2.45, 2.75) is 6.42 Å². The lowest BCUT2D eigenvalue weighted by atomic mass is 10.2. The lowest BCUT2D eigenvalue weighted by molar-refractivity contribution is 0.975. The first-order chi connectivity index (χ1) is 3.93. The van der Waals surface area contributed by atoms with Gasteiger partial charge in [-0.15, -0.1) is 13.1 Å². The van der Waals surface area contributed by atoms with Crippen LogP contribution in [0.15, 0.2) is 4.99 Å². The highest BCUT2D eigenvalue weighted by molar-refractivity contribution is 5.89. The second-order valence-electron chi connectivity index (χ2n) is 1.80. The molecule has 0 unspecified atom stereocenters. The van der Waals surface area contributed by atoms with Crippen LogP contribution < -0.4 is 0 Å². The fourth-order valence-electron chi connectivity index (χ4n) is 0.695. The van der Waals surface area contributed by atoms with Gasteiger partial charge in [0, 0.05) is 12.3 Å². The molecule has 2 nitrogen and oxygen atoms in total. The van der Waals surface area contributed by atoms with Crippen LogP contribution in [0.2, 0.25) is 0 Å². The van der Waals surface area contributed by atoms with Gasteiger partial charge in [0.1, 0.15) is 6.42 Å². The summed E-state index contributed by atoms with van der Waals surface area (Å²) in [6, 6.07) is 0. The highest BCUT2D eigenvalue weighted by atomic mass is 15.0. The zero-order valence-corrected chi connectivity index (χ0v) is 4.93. The summed E-state index contributed by atoms with van der Waals surface area (Å²) in [5.74, 6) is 0. The van der Waals surface area contributed by atoms with E-state index in [2.05, 4.69) is 17.2 Å². The highest BCUT2D eigenvalue weighted by Gasteiger charge is 1.94. The summed E-state index contributed by atoms with van der Waals surface area (Å²) >= 11 is 0. The van der Waals surface area contributed by atoms with Crippen LogP contribution in [0.1, 0.15) is 6.42 Å². The predicted molar refractivity (Wildman–Crippen MR) is 35.4 cm³/mol. The Bertz CT molecular complexity index is 96.7. The number of hydrogen-bond donors (Lipinski definition) is 0. The fourth-order valence-corrected chi connectivity index (χ4v) is 0.695. The Morgan fingerprint density at radius 1 is 1.75 bits per heavy atom. The molecule has 44 valence electrons. The lowest BCUT2D eigenvalue weighted by Crippen LogP contribution is -2.12. The first kappa shape index (κ1) is 5.63. The molecule has 0 fully saturated rings. The minimum Gasteiger partial charge on any atom is -0.656 e. The average molecular weight is 110 g/mol. The van der Waals surface area contributed by atoms with Crippen molar-refractivity contribution in [2.75, 3.05) is 19.6 Å². The van der Waals surface area contributed by atoms with Crippen molar-refractivity contribution in [1.82, 2.24) is 0 Å². The molecular formula is C6H10N2. The third-order valence-corrected chi connectivity index (χ3v) is 1.18. The molecule has 0 saturated heterocycles. The zero-order valence-electron chi connectivity index (χ0n) is 4.93. The molecule has 0 saturated carbocycles. The van der Waals surface area contributed by atoms with E-state index in [-0.39, 0.29) is 0 Å². The van der Waals surface area contributed by atoms with Crippen molar-refractivity contribution in [3.05, 3.63) is 12.2 Å². The largest absolute Gasteiger partial charge is 0.656 e. The minimum atomic E-state index is 0.823. The van der Waals surface area contributed by atoms with Crippen LogP contribution in [0.3, 0.4) is 0 Å². The summed E-state index contributed by atoms with van der Waals surface area (Å²) in [7, 11) is 0. The second-order valence-corrected chi connectivity index (χ2v) is 1.80. The molecule has 2 heteroatoms. The molecule has 0 aromatic heterocycles. The predicted octanol–water partition coefficient (Wildman–Crippen LogP) is 1.04. The van der Waals surface area contributed by atoms with E-state index in [0.29, 0.717) is 0 Å². The van der Waals surface area contributed by atoms with E-state index in [1.165, 1.54) is 0 Å². The Kier molecular flexibility index (Phi) is 1.92.